The van der Waals surface area contributed by atoms with Crippen LogP contribution in [0.1, 0.15) is 59.8 Å². The number of amides is 3. The summed E-state index contributed by atoms with van der Waals surface area (Å²) in [4.78, 5) is 70.3. The van der Waals surface area contributed by atoms with Crippen LogP contribution in [0.2, 0.25) is 0 Å². The van der Waals surface area contributed by atoms with Crippen molar-refractivity contribution < 1.29 is 33.8 Å². The molecule has 13 heteroatoms. The van der Waals surface area contributed by atoms with E-state index in [-0.39, 0.29) is 35.4 Å². The quantitative estimate of drug-likeness (QED) is 0.283. The summed E-state index contributed by atoms with van der Waals surface area (Å²) in [6.07, 6.45) is 2.89. The van der Waals surface area contributed by atoms with Crippen LogP contribution in [0.5, 0.6) is 11.5 Å². The Hall–Kier alpha value is -4.10. The molecule has 0 bridgehead atoms. The van der Waals surface area contributed by atoms with Gasteiger partial charge in [0.15, 0.2) is 11.5 Å². The molecule has 3 aromatic rings. The molecule has 4 heterocycles. The van der Waals surface area contributed by atoms with E-state index < -0.39 is 34.9 Å². The first kappa shape index (κ1) is 30.9. The Labute approximate surface area is 267 Å². The Bertz CT molecular complexity index is 1710. The first-order valence-electron chi connectivity index (χ1n) is 15.0. The Kier molecular flexibility index (Phi) is 8.74. The molecule has 45 heavy (non-hydrogen) atoms. The van der Waals surface area contributed by atoms with Gasteiger partial charge in [-0.05, 0) is 75.1 Å². The molecule has 3 atom stereocenters. The lowest BCUT2D eigenvalue weighted by Gasteiger charge is -2.31. The van der Waals surface area contributed by atoms with E-state index in [2.05, 4.69) is 0 Å². The topological polar surface area (TPSA) is 135 Å². The molecule has 236 valence electrons. The summed E-state index contributed by atoms with van der Waals surface area (Å²) < 4.78 is 12.1. The number of imide groups is 1. The minimum absolute atomic E-state index is 0.0717. The molecule has 0 spiro atoms. The highest BCUT2D eigenvalue weighted by Crippen LogP contribution is 2.54. The molecule has 0 aliphatic carbocycles. The van der Waals surface area contributed by atoms with Crippen molar-refractivity contribution in [3.05, 3.63) is 68.1 Å². The van der Waals surface area contributed by atoms with Crippen molar-refractivity contribution in [3.63, 3.8) is 0 Å². The summed E-state index contributed by atoms with van der Waals surface area (Å²) in [6.45, 7) is 5.14. The highest BCUT2D eigenvalue weighted by Gasteiger charge is 2.57. The number of nitrogens with zero attached hydrogens (tertiary/aromatic N) is 3. The molecule has 1 aromatic heterocycles. The van der Waals surface area contributed by atoms with Gasteiger partial charge in [0, 0.05) is 23.9 Å². The Balaban J connectivity index is 1.42. The average Bonchev–Trinajstić information content (AvgIpc) is 3.49. The molecule has 2 unspecified atom stereocenters. The Morgan fingerprint density at radius 1 is 0.956 bits per heavy atom. The summed E-state index contributed by atoms with van der Waals surface area (Å²) in [7, 11) is 0. The van der Waals surface area contributed by atoms with Gasteiger partial charge in [-0.1, -0.05) is 29.2 Å². The minimum Gasteiger partial charge on any atom is -0.504 e. The number of ether oxygens (including phenoxy) is 2. The van der Waals surface area contributed by atoms with Gasteiger partial charge >= 0.3 is 10.8 Å². The van der Waals surface area contributed by atoms with Crippen LogP contribution in [0, 0.1) is 5.92 Å². The number of carbonyl (C=O) groups excluding carboxylic acids is 4. The molecule has 2 aromatic carbocycles. The average molecular weight is 652 g/mol. The van der Waals surface area contributed by atoms with Crippen LogP contribution in [0.25, 0.3) is 0 Å². The van der Waals surface area contributed by atoms with Gasteiger partial charge in [0.1, 0.15) is 11.8 Å². The summed E-state index contributed by atoms with van der Waals surface area (Å²) >= 11 is 2.11. The second-order valence-corrected chi connectivity index (χ2v) is 13.2. The zero-order chi connectivity index (χ0) is 31.8. The lowest BCUT2D eigenvalue weighted by atomic mass is 9.83. The van der Waals surface area contributed by atoms with E-state index in [1.165, 1.54) is 34.9 Å². The number of thioether (sulfide) groups is 1. The van der Waals surface area contributed by atoms with E-state index in [1.807, 2.05) is 0 Å². The molecular weight excluding hydrogens is 618 g/mol. The van der Waals surface area contributed by atoms with E-state index in [1.54, 1.807) is 30.9 Å². The summed E-state index contributed by atoms with van der Waals surface area (Å²) in [5, 5.41) is 10.0. The number of rotatable bonds is 8. The van der Waals surface area contributed by atoms with Gasteiger partial charge in [0.2, 0.25) is 17.7 Å². The van der Waals surface area contributed by atoms with E-state index in [4.69, 9.17) is 9.47 Å². The van der Waals surface area contributed by atoms with E-state index >= 15 is 0 Å². The monoisotopic (exact) mass is 651 g/mol. The number of phenols is 1. The lowest BCUT2D eigenvalue weighted by Crippen LogP contribution is -2.39. The SMILES string of the molecule is CCOC(=O)c1ccc(N2C(=O)C3Sc4c(sc(=O)n4CC(=O)N4CCCCC4)[C@@H](c4ccc(O)c(OCC)c4)C3C2=O)cc1. The third-order valence-electron chi connectivity index (χ3n) is 8.33. The standard InChI is InChI=1S/C32H33N3O8S2/c1-3-42-22-16-19(10-13-21(22)36)24-25-26(29(39)35(28(25)38)20-11-8-18(9-12-20)31(40)43-4-2)44-30-27(24)45-32(41)34(30)17-23(37)33-14-6-5-7-15-33/h8-13,16,24-26,36H,3-7,14-15,17H2,1-2H3/t24-,25?,26?/m0/s1. The van der Waals surface area contributed by atoms with Crippen molar-refractivity contribution in [1.29, 1.82) is 0 Å². The number of aromatic nitrogens is 1. The zero-order valence-corrected chi connectivity index (χ0v) is 26.5. The summed E-state index contributed by atoms with van der Waals surface area (Å²) in [5.41, 5.74) is 1.21. The van der Waals surface area contributed by atoms with Crippen LogP contribution < -0.4 is 14.5 Å². The number of hydrogen-bond donors (Lipinski definition) is 1. The number of aromatic hydroxyl groups is 1. The van der Waals surface area contributed by atoms with Crippen LogP contribution in [0.4, 0.5) is 5.69 Å². The molecule has 3 aliphatic heterocycles. The van der Waals surface area contributed by atoms with E-state index in [9.17, 15) is 29.1 Å². The first-order valence-corrected chi connectivity index (χ1v) is 16.7. The summed E-state index contributed by atoms with van der Waals surface area (Å²) in [5.74, 6) is -2.99. The number of benzene rings is 2. The van der Waals surface area contributed by atoms with Crippen molar-refractivity contribution in [1.82, 2.24) is 9.47 Å². The fourth-order valence-corrected chi connectivity index (χ4v) is 8.98. The van der Waals surface area contributed by atoms with Gasteiger partial charge in [0.25, 0.3) is 0 Å². The van der Waals surface area contributed by atoms with Crippen LogP contribution >= 0.6 is 23.1 Å². The molecule has 1 N–H and O–H groups in total. The number of phenolic OH excluding ortho intramolecular Hbond substituents is 1. The number of fused-ring (bicyclic) bond motifs is 2. The second kappa shape index (κ2) is 12.7. The molecule has 0 radical (unpaired) electrons. The number of hydrogen-bond acceptors (Lipinski definition) is 10. The second-order valence-electron chi connectivity index (χ2n) is 11.0. The molecule has 2 saturated heterocycles. The minimum atomic E-state index is -0.880. The summed E-state index contributed by atoms with van der Waals surface area (Å²) in [6, 6.07) is 10.9. The third kappa shape index (κ3) is 5.63. The molecule has 3 amide bonds. The maximum absolute atomic E-state index is 14.2. The smallest absolute Gasteiger partial charge is 0.338 e. The van der Waals surface area contributed by atoms with Crippen molar-refractivity contribution >= 4 is 52.5 Å². The highest BCUT2D eigenvalue weighted by atomic mass is 32.2. The lowest BCUT2D eigenvalue weighted by molar-refractivity contribution is -0.133. The molecule has 2 fully saturated rings. The number of carbonyl (C=O) groups is 4. The van der Waals surface area contributed by atoms with Gasteiger partial charge in [-0.2, -0.15) is 0 Å². The van der Waals surface area contributed by atoms with Crippen molar-refractivity contribution in [2.45, 2.75) is 55.8 Å². The predicted octanol–water partition coefficient (Wildman–Crippen LogP) is 4.00. The van der Waals surface area contributed by atoms with E-state index in [0.29, 0.717) is 46.4 Å². The number of esters is 1. The van der Waals surface area contributed by atoms with Crippen LogP contribution in [-0.2, 0) is 25.7 Å². The first-order chi connectivity index (χ1) is 21.7. The van der Waals surface area contributed by atoms with Crippen molar-refractivity contribution in [3.8, 4) is 11.5 Å². The maximum atomic E-state index is 14.2. The normalized spacial score (nSPS) is 21.0. The molecule has 3 aliphatic rings. The van der Waals surface area contributed by atoms with E-state index in [0.717, 1.165) is 47.3 Å². The molecule has 6 rings (SSSR count). The number of likely N-dealkylation sites (tertiary alicyclic amines) is 1. The largest absolute Gasteiger partial charge is 0.504 e. The fraction of sp³-hybridized carbons (Fsp3) is 0.406. The molecule has 0 saturated carbocycles. The predicted molar refractivity (Wildman–Crippen MR) is 168 cm³/mol. The number of anilines is 1. The van der Waals surface area contributed by atoms with Gasteiger partial charge in [-0.3, -0.25) is 23.7 Å². The van der Waals surface area contributed by atoms with Gasteiger partial charge in [-0.25, -0.2) is 9.69 Å². The Morgan fingerprint density at radius 3 is 2.38 bits per heavy atom. The fourth-order valence-electron chi connectivity index (χ4n) is 6.20. The highest BCUT2D eigenvalue weighted by molar-refractivity contribution is 8.00. The molecular formula is C32H33N3O8S2. The number of piperidine rings is 1. The van der Waals surface area contributed by atoms with Crippen molar-refractivity contribution in [2.75, 3.05) is 31.2 Å². The third-order valence-corrected chi connectivity index (χ3v) is 10.9. The maximum Gasteiger partial charge on any atom is 0.338 e. The molecule has 11 nitrogen and oxygen atoms in total. The van der Waals surface area contributed by atoms with Crippen LogP contribution in [0.15, 0.2) is 52.3 Å². The van der Waals surface area contributed by atoms with Gasteiger partial charge in [-0.15, -0.1) is 0 Å². The van der Waals surface area contributed by atoms with Crippen LogP contribution in [0.3, 0.4) is 0 Å². The number of thiazole rings is 1. The van der Waals surface area contributed by atoms with Gasteiger partial charge < -0.3 is 19.5 Å². The van der Waals surface area contributed by atoms with Gasteiger partial charge in [0.05, 0.1) is 35.4 Å². The Morgan fingerprint density at radius 2 is 1.69 bits per heavy atom. The van der Waals surface area contributed by atoms with Crippen molar-refractivity contribution in [2.24, 2.45) is 5.92 Å². The zero-order valence-electron chi connectivity index (χ0n) is 24.9. The van der Waals surface area contributed by atoms with Crippen LogP contribution in [-0.4, -0.2) is 69.8 Å².